The Bertz CT molecular complexity index is 309. The van der Waals surface area contributed by atoms with Gasteiger partial charge in [0.15, 0.2) is 11.6 Å². The van der Waals surface area contributed by atoms with Crippen LogP contribution in [0.2, 0.25) is 0 Å². The smallest absolute Gasteiger partial charge is 0.166 e. The number of aromatic nitrogens is 1. The summed E-state index contributed by atoms with van der Waals surface area (Å²) in [4.78, 5) is 3.91. The number of nitrogens with zero attached hydrogens (tertiary/aromatic N) is 1. The Kier molecular flexibility index (Phi) is 4.28. The number of hydrogen-bond donors (Lipinski definition) is 1. The molecule has 0 amide bonds. The average Bonchev–Trinajstić information content (AvgIpc) is 2.10. The molecule has 14 heavy (non-hydrogen) atoms. The number of rotatable bonds is 4. The van der Waals surface area contributed by atoms with Crippen LogP contribution in [-0.2, 0) is 4.74 Å². The minimum Gasteiger partial charge on any atom is -0.383 e. The summed E-state index contributed by atoms with van der Waals surface area (Å²) in [5, 5.41) is 2.91. The second-order valence-electron chi connectivity index (χ2n) is 2.98. The zero-order valence-electron chi connectivity index (χ0n) is 8.05. The SMILES string of the molecule is COCC(C)Nc1ncc(Br)cc1F. The molecule has 0 aliphatic heterocycles. The molecule has 1 unspecified atom stereocenters. The molecule has 1 heterocycles. The van der Waals surface area contributed by atoms with E-state index in [-0.39, 0.29) is 17.7 Å². The van der Waals surface area contributed by atoms with Crippen molar-refractivity contribution in [3.63, 3.8) is 0 Å². The summed E-state index contributed by atoms with van der Waals surface area (Å²) in [6.45, 7) is 2.41. The predicted octanol–water partition coefficient (Wildman–Crippen LogP) is 2.43. The van der Waals surface area contributed by atoms with E-state index in [1.807, 2.05) is 6.92 Å². The van der Waals surface area contributed by atoms with Crippen LogP contribution in [0.15, 0.2) is 16.7 Å². The van der Waals surface area contributed by atoms with Crippen molar-refractivity contribution in [3.05, 3.63) is 22.6 Å². The lowest BCUT2D eigenvalue weighted by Crippen LogP contribution is -2.22. The van der Waals surface area contributed by atoms with Crippen molar-refractivity contribution in [2.24, 2.45) is 0 Å². The monoisotopic (exact) mass is 262 g/mol. The summed E-state index contributed by atoms with van der Waals surface area (Å²) in [5.41, 5.74) is 0. The molecule has 1 atom stereocenters. The van der Waals surface area contributed by atoms with Gasteiger partial charge in [0, 0.05) is 23.8 Å². The van der Waals surface area contributed by atoms with Crippen LogP contribution in [0.1, 0.15) is 6.92 Å². The van der Waals surface area contributed by atoms with E-state index in [1.54, 1.807) is 13.3 Å². The third kappa shape index (κ3) is 3.23. The van der Waals surface area contributed by atoms with E-state index in [0.29, 0.717) is 11.1 Å². The molecule has 0 saturated heterocycles. The molecule has 1 rings (SSSR count). The Balaban J connectivity index is 2.67. The van der Waals surface area contributed by atoms with E-state index >= 15 is 0 Å². The molecule has 0 saturated carbocycles. The number of hydrogen-bond acceptors (Lipinski definition) is 3. The predicted molar refractivity (Wildman–Crippen MR) is 56.9 cm³/mol. The van der Waals surface area contributed by atoms with E-state index < -0.39 is 0 Å². The van der Waals surface area contributed by atoms with Gasteiger partial charge in [-0.05, 0) is 28.9 Å². The third-order valence-electron chi connectivity index (χ3n) is 1.61. The summed E-state index contributed by atoms with van der Waals surface area (Å²) in [6.07, 6.45) is 1.55. The van der Waals surface area contributed by atoms with E-state index in [4.69, 9.17) is 4.74 Å². The van der Waals surface area contributed by atoms with Crippen LogP contribution in [0.25, 0.3) is 0 Å². The lowest BCUT2D eigenvalue weighted by molar-refractivity contribution is 0.190. The Morgan fingerprint density at radius 3 is 3.00 bits per heavy atom. The molecule has 5 heteroatoms. The van der Waals surface area contributed by atoms with Gasteiger partial charge < -0.3 is 10.1 Å². The lowest BCUT2D eigenvalue weighted by atomic mass is 10.3. The van der Waals surface area contributed by atoms with Crippen LogP contribution in [0.4, 0.5) is 10.2 Å². The number of nitrogens with one attached hydrogen (secondary N) is 1. The van der Waals surface area contributed by atoms with Gasteiger partial charge in [0.05, 0.1) is 6.61 Å². The Labute approximate surface area is 90.8 Å². The number of ether oxygens (including phenoxy) is 1. The molecule has 0 aliphatic rings. The van der Waals surface area contributed by atoms with E-state index in [0.717, 1.165) is 0 Å². The second-order valence-corrected chi connectivity index (χ2v) is 3.90. The largest absolute Gasteiger partial charge is 0.383 e. The average molecular weight is 263 g/mol. The number of pyridine rings is 1. The first-order chi connectivity index (χ1) is 6.63. The normalized spacial score (nSPS) is 12.6. The summed E-state index contributed by atoms with van der Waals surface area (Å²) in [7, 11) is 1.60. The molecule has 0 spiro atoms. The summed E-state index contributed by atoms with van der Waals surface area (Å²) in [5.74, 6) is -0.125. The second kappa shape index (κ2) is 5.26. The highest BCUT2D eigenvalue weighted by atomic mass is 79.9. The molecule has 0 fully saturated rings. The van der Waals surface area contributed by atoms with Gasteiger partial charge in [0.1, 0.15) is 0 Å². The fraction of sp³-hybridized carbons (Fsp3) is 0.444. The van der Waals surface area contributed by atoms with Gasteiger partial charge in [0.25, 0.3) is 0 Å². The molecule has 0 aliphatic carbocycles. The van der Waals surface area contributed by atoms with E-state index in [2.05, 4.69) is 26.2 Å². The molecule has 3 nitrogen and oxygen atoms in total. The highest BCUT2D eigenvalue weighted by Gasteiger charge is 2.07. The van der Waals surface area contributed by atoms with Crippen molar-refractivity contribution in [1.82, 2.24) is 4.98 Å². The van der Waals surface area contributed by atoms with Crippen molar-refractivity contribution in [3.8, 4) is 0 Å². The maximum Gasteiger partial charge on any atom is 0.166 e. The zero-order chi connectivity index (χ0) is 10.6. The molecule has 78 valence electrons. The fourth-order valence-corrected chi connectivity index (χ4v) is 1.35. The van der Waals surface area contributed by atoms with Crippen LogP contribution < -0.4 is 5.32 Å². The van der Waals surface area contributed by atoms with E-state index in [1.165, 1.54) is 6.07 Å². The quantitative estimate of drug-likeness (QED) is 0.905. The molecule has 1 N–H and O–H groups in total. The first-order valence-corrected chi connectivity index (χ1v) is 4.99. The van der Waals surface area contributed by atoms with Crippen molar-refractivity contribution >= 4 is 21.7 Å². The Hall–Kier alpha value is -0.680. The summed E-state index contributed by atoms with van der Waals surface area (Å²) < 4.78 is 18.8. The number of anilines is 1. The van der Waals surface area contributed by atoms with Crippen LogP contribution in [0.3, 0.4) is 0 Å². The van der Waals surface area contributed by atoms with Gasteiger partial charge in [-0.2, -0.15) is 0 Å². The molecule has 0 aromatic carbocycles. The van der Waals surface area contributed by atoms with Gasteiger partial charge in [0.2, 0.25) is 0 Å². The number of halogens is 2. The van der Waals surface area contributed by atoms with Gasteiger partial charge in [-0.1, -0.05) is 0 Å². The molecule has 0 radical (unpaired) electrons. The topological polar surface area (TPSA) is 34.1 Å². The number of methoxy groups -OCH3 is 1. The van der Waals surface area contributed by atoms with Gasteiger partial charge in [-0.3, -0.25) is 0 Å². The molecular formula is C9H12BrFN2O. The molecular weight excluding hydrogens is 251 g/mol. The Morgan fingerprint density at radius 1 is 1.71 bits per heavy atom. The first kappa shape index (κ1) is 11.4. The highest BCUT2D eigenvalue weighted by Crippen LogP contribution is 2.16. The summed E-state index contributed by atoms with van der Waals surface area (Å²) >= 11 is 3.14. The van der Waals surface area contributed by atoms with Crippen molar-refractivity contribution in [2.75, 3.05) is 19.0 Å². The van der Waals surface area contributed by atoms with Crippen LogP contribution in [-0.4, -0.2) is 24.7 Å². The van der Waals surface area contributed by atoms with Crippen LogP contribution >= 0.6 is 15.9 Å². The van der Waals surface area contributed by atoms with Gasteiger partial charge in [-0.25, -0.2) is 9.37 Å². The lowest BCUT2D eigenvalue weighted by Gasteiger charge is -2.13. The van der Waals surface area contributed by atoms with Gasteiger partial charge in [-0.15, -0.1) is 0 Å². The third-order valence-corrected chi connectivity index (χ3v) is 2.04. The molecule has 0 bridgehead atoms. The van der Waals surface area contributed by atoms with Crippen molar-refractivity contribution in [1.29, 1.82) is 0 Å². The van der Waals surface area contributed by atoms with Crippen LogP contribution in [0, 0.1) is 5.82 Å². The van der Waals surface area contributed by atoms with Crippen molar-refractivity contribution in [2.45, 2.75) is 13.0 Å². The maximum atomic E-state index is 13.3. The molecule has 1 aromatic heterocycles. The Morgan fingerprint density at radius 2 is 2.43 bits per heavy atom. The minimum absolute atomic E-state index is 0.0307. The minimum atomic E-state index is -0.373. The van der Waals surface area contributed by atoms with Crippen LogP contribution in [0.5, 0.6) is 0 Å². The molecule has 1 aromatic rings. The zero-order valence-corrected chi connectivity index (χ0v) is 9.64. The standard InChI is InChI=1S/C9H12BrFN2O/c1-6(5-14-2)13-9-8(11)3-7(10)4-12-9/h3-4,6H,5H2,1-2H3,(H,12,13). The van der Waals surface area contributed by atoms with Gasteiger partial charge >= 0.3 is 0 Å². The highest BCUT2D eigenvalue weighted by molar-refractivity contribution is 9.10. The summed E-state index contributed by atoms with van der Waals surface area (Å²) in [6, 6.07) is 1.40. The fourth-order valence-electron chi connectivity index (χ4n) is 1.05. The first-order valence-electron chi connectivity index (χ1n) is 4.20. The van der Waals surface area contributed by atoms with Crippen molar-refractivity contribution < 1.29 is 9.13 Å². The maximum absolute atomic E-state index is 13.3. The van der Waals surface area contributed by atoms with E-state index in [9.17, 15) is 4.39 Å².